The molecule has 0 unspecified atom stereocenters. The van der Waals surface area contributed by atoms with Gasteiger partial charge in [0, 0.05) is 11.6 Å². The Kier molecular flexibility index (Phi) is 4.02. The van der Waals surface area contributed by atoms with Crippen molar-refractivity contribution in [2.75, 3.05) is 13.2 Å². The summed E-state index contributed by atoms with van der Waals surface area (Å²) < 4.78 is 5.23. The number of nitrogens with two attached hydrogens (primary N) is 1. The van der Waals surface area contributed by atoms with Crippen LogP contribution in [0.15, 0.2) is 24.3 Å². The van der Waals surface area contributed by atoms with Crippen molar-refractivity contribution in [1.82, 2.24) is 0 Å². The predicted octanol–water partition coefficient (Wildman–Crippen LogP) is 1.04. The van der Waals surface area contributed by atoms with Gasteiger partial charge in [0.15, 0.2) is 0 Å². The number of ether oxygens (including phenoxy) is 1. The van der Waals surface area contributed by atoms with Crippen molar-refractivity contribution in [2.24, 2.45) is 5.73 Å². The Balaban J connectivity index is 2.45. The van der Waals surface area contributed by atoms with Crippen molar-refractivity contribution in [1.29, 1.82) is 0 Å². The third-order valence-electron chi connectivity index (χ3n) is 1.51. The van der Waals surface area contributed by atoms with Gasteiger partial charge in [-0.1, -0.05) is 17.7 Å². The molecule has 1 atom stereocenters. The van der Waals surface area contributed by atoms with Crippen LogP contribution < -0.4 is 10.5 Å². The summed E-state index contributed by atoms with van der Waals surface area (Å²) in [4.78, 5) is 0. The number of hydrogen-bond acceptors (Lipinski definition) is 3. The second-order valence-corrected chi connectivity index (χ2v) is 3.09. The summed E-state index contributed by atoms with van der Waals surface area (Å²) in [5.41, 5.74) is 5.21. The number of aliphatic hydroxyl groups excluding tert-OH is 1. The molecule has 0 bridgehead atoms. The third kappa shape index (κ3) is 3.63. The summed E-state index contributed by atoms with van der Waals surface area (Å²) in [6, 6.07) is 7.00. The molecule has 0 aromatic heterocycles. The number of hydrogen-bond donors (Lipinski definition) is 2. The Hall–Kier alpha value is -0.770. The number of halogens is 1. The van der Waals surface area contributed by atoms with E-state index in [-0.39, 0.29) is 13.2 Å². The lowest BCUT2D eigenvalue weighted by molar-refractivity contribution is 0.114. The maximum absolute atomic E-state index is 9.11. The van der Waals surface area contributed by atoms with Crippen molar-refractivity contribution in [3.05, 3.63) is 29.3 Å². The van der Waals surface area contributed by atoms with E-state index in [0.717, 1.165) is 0 Å². The molecule has 0 saturated carbocycles. The molecule has 0 fully saturated rings. The fourth-order valence-electron chi connectivity index (χ4n) is 0.817. The average Bonchev–Trinajstić information content (AvgIpc) is 2.14. The lowest BCUT2D eigenvalue weighted by atomic mass is 10.3. The van der Waals surface area contributed by atoms with Gasteiger partial charge in [-0.2, -0.15) is 0 Å². The van der Waals surface area contributed by atoms with E-state index in [1.807, 2.05) is 0 Å². The molecule has 1 aromatic carbocycles. The van der Waals surface area contributed by atoms with Crippen LogP contribution in [0.3, 0.4) is 0 Å². The van der Waals surface area contributed by atoms with E-state index < -0.39 is 6.10 Å². The second-order valence-electron chi connectivity index (χ2n) is 2.66. The first-order chi connectivity index (χ1) is 6.22. The normalized spacial score (nSPS) is 12.5. The number of benzene rings is 1. The quantitative estimate of drug-likeness (QED) is 0.766. The molecule has 1 aromatic rings. The molecular formula is C9H12ClNO2. The van der Waals surface area contributed by atoms with Gasteiger partial charge in [-0.25, -0.2) is 0 Å². The molecule has 0 aliphatic carbocycles. The van der Waals surface area contributed by atoms with Crippen molar-refractivity contribution in [3.63, 3.8) is 0 Å². The molecular weight excluding hydrogens is 190 g/mol. The van der Waals surface area contributed by atoms with Crippen LogP contribution in [0.25, 0.3) is 0 Å². The summed E-state index contributed by atoms with van der Waals surface area (Å²) in [7, 11) is 0. The third-order valence-corrected chi connectivity index (χ3v) is 1.75. The van der Waals surface area contributed by atoms with Crippen molar-refractivity contribution in [2.45, 2.75) is 6.10 Å². The second kappa shape index (κ2) is 5.07. The molecule has 13 heavy (non-hydrogen) atoms. The van der Waals surface area contributed by atoms with Gasteiger partial charge < -0.3 is 15.6 Å². The first-order valence-corrected chi connectivity index (χ1v) is 4.36. The molecule has 0 saturated heterocycles. The van der Waals surface area contributed by atoms with Gasteiger partial charge in [0.25, 0.3) is 0 Å². The van der Waals surface area contributed by atoms with E-state index in [4.69, 9.17) is 27.2 Å². The minimum Gasteiger partial charge on any atom is -0.491 e. The first-order valence-electron chi connectivity index (χ1n) is 3.99. The van der Waals surface area contributed by atoms with Gasteiger partial charge in [0.1, 0.15) is 18.5 Å². The molecule has 0 aliphatic heterocycles. The van der Waals surface area contributed by atoms with Crippen LogP contribution in [0.2, 0.25) is 5.02 Å². The van der Waals surface area contributed by atoms with Gasteiger partial charge in [-0.15, -0.1) is 0 Å². The van der Waals surface area contributed by atoms with Crippen LogP contribution in [0.4, 0.5) is 0 Å². The van der Waals surface area contributed by atoms with Crippen LogP contribution in [0.1, 0.15) is 0 Å². The van der Waals surface area contributed by atoms with Crippen molar-refractivity contribution >= 4 is 11.6 Å². The fourth-order valence-corrected chi connectivity index (χ4v) is 0.998. The standard InChI is InChI=1S/C9H12ClNO2/c10-7-2-1-3-9(4-7)13-6-8(12)5-11/h1-4,8,12H,5-6,11H2/t8-/m0/s1. The molecule has 0 radical (unpaired) electrons. The summed E-state index contributed by atoms with van der Waals surface area (Å²) in [6.45, 7) is 0.386. The van der Waals surface area contributed by atoms with Gasteiger partial charge in [0.05, 0.1) is 0 Å². The van der Waals surface area contributed by atoms with Crippen LogP contribution >= 0.6 is 11.6 Å². The molecule has 1 rings (SSSR count). The smallest absolute Gasteiger partial charge is 0.120 e. The van der Waals surface area contributed by atoms with E-state index >= 15 is 0 Å². The van der Waals surface area contributed by atoms with Gasteiger partial charge >= 0.3 is 0 Å². The van der Waals surface area contributed by atoms with E-state index in [2.05, 4.69) is 0 Å². The highest BCUT2D eigenvalue weighted by molar-refractivity contribution is 6.30. The highest BCUT2D eigenvalue weighted by Crippen LogP contribution is 2.16. The summed E-state index contributed by atoms with van der Waals surface area (Å²) in [5.74, 6) is 0.639. The molecule has 0 aliphatic rings. The largest absolute Gasteiger partial charge is 0.491 e. The number of rotatable bonds is 4. The summed E-state index contributed by atoms with van der Waals surface area (Å²) >= 11 is 5.73. The minimum absolute atomic E-state index is 0.191. The van der Waals surface area contributed by atoms with Gasteiger partial charge in [-0.3, -0.25) is 0 Å². The van der Waals surface area contributed by atoms with E-state index in [0.29, 0.717) is 10.8 Å². The zero-order valence-corrected chi connectivity index (χ0v) is 7.87. The highest BCUT2D eigenvalue weighted by Gasteiger charge is 2.01. The van der Waals surface area contributed by atoms with E-state index in [1.54, 1.807) is 24.3 Å². The maximum Gasteiger partial charge on any atom is 0.120 e. The SMILES string of the molecule is NC[C@H](O)COc1cccc(Cl)c1. The number of aliphatic hydroxyl groups is 1. The summed E-state index contributed by atoms with van der Waals surface area (Å²) in [6.07, 6.45) is -0.626. The minimum atomic E-state index is -0.626. The van der Waals surface area contributed by atoms with Crippen molar-refractivity contribution in [3.8, 4) is 5.75 Å². The Morgan fingerprint density at radius 2 is 2.31 bits per heavy atom. The fraction of sp³-hybridized carbons (Fsp3) is 0.333. The van der Waals surface area contributed by atoms with Crippen LogP contribution in [-0.4, -0.2) is 24.4 Å². The monoisotopic (exact) mass is 201 g/mol. The molecule has 0 amide bonds. The van der Waals surface area contributed by atoms with E-state index in [1.165, 1.54) is 0 Å². The molecule has 4 heteroatoms. The van der Waals surface area contributed by atoms with Crippen molar-refractivity contribution < 1.29 is 9.84 Å². The van der Waals surface area contributed by atoms with Gasteiger partial charge in [-0.05, 0) is 18.2 Å². The Morgan fingerprint density at radius 1 is 1.54 bits per heavy atom. The zero-order chi connectivity index (χ0) is 9.68. The van der Waals surface area contributed by atoms with Crippen LogP contribution in [-0.2, 0) is 0 Å². The Morgan fingerprint density at radius 3 is 2.92 bits per heavy atom. The lowest BCUT2D eigenvalue weighted by Gasteiger charge is -2.09. The highest BCUT2D eigenvalue weighted by atomic mass is 35.5. The van der Waals surface area contributed by atoms with E-state index in [9.17, 15) is 0 Å². The molecule has 0 heterocycles. The zero-order valence-electron chi connectivity index (χ0n) is 7.11. The molecule has 3 N–H and O–H groups in total. The van der Waals surface area contributed by atoms with Gasteiger partial charge in [0.2, 0.25) is 0 Å². The predicted molar refractivity (Wildman–Crippen MR) is 52.0 cm³/mol. The summed E-state index contributed by atoms with van der Waals surface area (Å²) in [5, 5.41) is 9.72. The van der Waals surface area contributed by atoms with Crippen LogP contribution in [0, 0.1) is 0 Å². The Labute approximate surface area is 82.1 Å². The Bertz CT molecular complexity index is 268. The molecule has 72 valence electrons. The molecule has 3 nitrogen and oxygen atoms in total. The topological polar surface area (TPSA) is 55.5 Å². The maximum atomic E-state index is 9.11. The van der Waals surface area contributed by atoms with Crippen LogP contribution in [0.5, 0.6) is 5.75 Å². The first kappa shape index (κ1) is 10.3. The lowest BCUT2D eigenvalue weighted by Crippen LogP contribution is -2.26. The molecule has 0 spiro atoms. The average molecular weight is 202 g/mol.